The maximum absolute atomic E-state index is 10.3. The monoisotopic (exact) mass is 366 g/mol. The molecular weight excluding hydrogens is 328 g/mol. The first-order valence-electron chi connectivity index (χ1n) is 9.24. The number of carbonyl (C=O) groups excluding carboxylic acids is 1. The smallest absolute Gasteiger partial charge is 0.302 e. The van der Waals surface area contributed by atoms with Crippen LogP contribution in [0.4, 0.5) is 0 Å². The molecular formula is C18H38O7. The third kappa shape index (κ3) is 31.5. The van der Waals surface area contributed by atoms with Crippen molar-refractivity contribution in [2.45, 2.75) is 46.5 Å². The summed E-state index contributed by atoms with van der Waals surface area (Å²) in [6, 6.07) is 0. The zero-order valence-corrected chi connectivity index (χ0v) is 16.3. The second kappa shape index (κ2) is 25.5. The average Bonchev–Trinajstić information content (AvgIpc) is 2.60. The lowest BCUT2D eigenvalue weighted by molar-refractivity contribution is -0.142. The molecule has 7 heteroatoms. The van der Waals surface area contributed by atoms with Gasteiger partial charge in [0.2, 0.25) is 0 Å². The Morgan fingerprint density at radius 3 is 1.48 bits per heavy atom. The number of aliphatic hydroxyl groups excluding tert-OH is 1. The van der Waals surface area contributed by atoms with Crippen LogP contribution in [0.25, 0.3) is 0 Å². The zero-order valence-electron chi connectivity index (χ0n) is 16.3. The molecule has 0 fully saturated rings. The summed E-state index contributed by atoms with van der Waals surface area (Å²) in [5, 5.41) is 8.34. The Bertz CT molecular complexity index is 242. The van der Waals surface area contributed by atoms with E-state index in [0.717, 1.165) is 38.9 Å². The highest BCUT2D eigenvalue weighted by Crippen LogP contribution is 1.88. The normalized spacial score (nSPS) is 10.2. The van der Waals surface area contributed by atoms with Crippen LogP contribution in [-0.4, -0.2) is 77.1 Å². The molecule has 0 aliphatic rings. The highest BCUT2D eigenvalue weighted by atomic mass is 16.6. The lowest BCUT2D eigenvalue weighted by Gasteiger charge is -2.05. The van der Waals surface area contributed by atoms with E-state index in [4.69, 9.17) is 24.1 Å². The fourth-order valence-electron chi connectivity index (χ4n) is 1.45. The summed E-state index contributed by atoms with van der Waals surface area (Å²) >= 11 is 0. The predicted octanol–water partition coefficient (Wildman–Crippen LogP) is 2.19. The first kappa shape index (κ1) is 26.5. The van der Waals surface area contributed by atoms with Gasteiger partial charge in [0, 0.05) is 20.1 Å². The summed E-state index contributed by atoms with van der Waals surface area (Å²) in [5.74, 6) is -0.271. The molecule has 1 N–H and O–H groups in total. The quantitative estimate of drug-likeness (QED) is 0.312. The topological polar surface area (TPSA) is 83.5 Å². The Morgan fingerprint density at radius 1 is 0.680 bits per heavy atom. The van der Waals surface area contributed by atoms with Crippen molar-refractivity contribution in [3.63, 3.8) is 0 Å². The van der Waals surface area contributed by atoms with Crippen molar-refractivity contribution >= 4 is 5.97 Å². The molecule has 0 rings (SSSR count). The van der Waals surface area contributed by atoms with Gasteiger partial charge in [0.15, 0.2) is 0 Å². The lowest BCUT2D eigenvalue weighted by Crippen LogP contribution is -2.11. The molecule has 0 amide bonds. The maximum atomic E-state index is 10.3. The standard InChI is InChI=1S/C10H20O4.C8H18O3/c1-3-4-5-12-6-7-13-8-9-14-10(2)11;1-2-3-5-10-7-8-11-6-4-9/h3-9H2,1-2H3;9H,2-8H2,1H3. The summed E-state index contributed by atoms with van der Waals surface area (Å²) in [7, 11) is 0. The van der Waals surface area contributed by atoms with Crippen molar-refractivity contribution < 1.29 is 33.6 Å². The SMILES string of the molecule is CCCCOCCOCCO.CCCCOCCOCCOC(C)=O. The molecule has 152 valence electrons. The lowest BCUT2D eigenvalue weighted by atomic mass is 10.4. The molecule has 0 saturated carbocycles. The molecule has 0 radical (unpaired) electrons. The van der Waals surface area contributed by atoms with Crippen LogP contribution in [0.15, 0.2) is 0 Å². The molecule has 0 spiro atoms. The van der Waals surface area contributed by atoms with E-state index in [0.29, 0.717) is 46.2 Å². The van der Waals surface area contributed by atoms with Crippen molar-refractivity contribution in [2.75, 3.05) is 66.1 Å². The van der Waals surface area contributed by atoms with E-state index >= 15 is 0 Å². The minimum absolute atomic E-state index is 0.0922. The molecule has 0 saturated heterocycles. The number of carbonyl (C=O) groups is 1. The summed E-state index contributed by atoms with van der Waals surface area (Å²) in [5.41, 5.74) is 0. The molecule has 0 heterocycles. The van der Waals surface area contributed by atoms with E-state index in [1.165, 1.54) is 6.92 Å². The fraction of sp³-hybridized carbons (Fsp3) is 0.944. The largest absolute Gasteiger partial charge is 0.463 e. The van der Waals surface area contributed by atoms with E-state index in [-0.39, 0.29) is 12.6 Å². The second-order valence-electron chi connectivity index (χ2n) is 5.22. The van der Waals surface area contributed by atoms with Gasteiger partial charge in [-0.25, -0.2) is 0 Å². The molecule has 0 bridgehead atoms. The van der Waals surface area contributed by atoms with Gasteiger partial charge in [-0.15, -0.1) is 0 Å². The Labute approximate surface area is 152 Å². The van der Waals surface area contributed by atoms with E-state index in [1.807, 2.05) is 0 Å². The zero-order chi connectivity index (χ0) is 19.0. The number of aliphatic hydroxyl groups is 1. The van der Waals surface area contributed by atoms with Crippen LogP contribution in [0.3, 0.4) is 0 Å². The van der Waals surface area contributed by atoms with Crippen LogP contribution < -0.4 is 0 Å². The van der Waals surface area contributed by atoms with E-state index in [9.17, 15) is 4.79 Å². The van der Waals surface area contributed by atoms with Gasteiger partial charge < -0.3 is 28.8 Å². The van der Waals surface area contributed by atoms with Gasteiger partial charge in [0.25, 0.3) is 0 Å². The van der Waals surface area contributed by atoms with Crippen LogP contribution >= 0.6 is 0 Å². The number of esters is 1. The van der Waals surface area contributed by atoms with Crippen molar-refractivity contribution in [2.24, 2.45) is 0 Å². The molecule has 0 aromatic carbocycles. The van der Waals surface area contributed by atoms with Crippen LogP contribution in [-0.2, 0) is 28.5 Å². The molecule has 7 nitrogen and oxygen atoms in total. The summed E-state index contributed by atoms with van der Waals surface area (Å²) in [6.45, 7) is 10.9. The Balaban J connectivity index is 0. The Hall–Kier alpha value is -0.730. The first-order valence-corrected chi connectivity index (χ1v) is 9.24. The minimum atomic E-state index is -0.271. The van der Waals surface area contributed by atoms with Crippen LogP contribution in [0.1, 0.15) is 46.5 Å². The molecule has 0 aromatic rings. The summed E-state index contributed by atoms with van der Waals surface area (Å²) < 4.78 is 25.3. The average molecular weight is 366 g/mol. The summed E-state index contributed by atoms with van der Waals surface area (Å²) in [4.78, 5) is 10.3. The van der Waals surface area contributed by atoms with Crippen molar-refractivity contribution in [3.8, 4) is 0 Å². The molecule has 0 atom stereocenters. The van der Waals surface area contributed by atoms with Gasteiger partial charge in [-0.2, -0.15) is 0 Å². The molecule has 0 unspecified atom stereocenters. The maximum Gasteiger partial charge on any atom is 0.302 e. The van der Waals surface area contributed by atoms with E-state index in [2.05, 4.69) is 18.6 Å². The van der Waals surface area contributed by atoms with Crippen molar-refractivity contribution in [1.29, 1.82) is 0 Å². The third-order valence-electron chi connectivity index (χ3n) is 2.80. The highest BCUT2D eigenvalue weighted by molar-refractivity contribution is 5.65. The predicted molar refractivity (Wildman–Crippen MR) is 96.8 cm³/mol. The van der Waals surface area contributed by atoms with Crippen LogP contribution in [0.5, 0.6) is 0 Å². The van der Waals surface area contributed by atoms with Crippen LogP contribution in [0, 0.1) is 0 Å². The number of ether oxygens (including phenoxy) is 5. The van der Waals surface area contributed by atoms with Gasteiger partial charge in [0.1, 0.15) is 6.61 Å². The highest BCUT2D eigenvalue weighted by Gasteiger charge is 1.93. The summed E-state index contributed by atoms with van der Waals surface area (Å²) in [6.07, 6.45) is 4.51. The third-order valence-corrected chi connectivity index (χ3v) is 2.80. The Kier molecular flexibility index (Phi) is 27.0. The fourth-order valence-corrected chi connectivity index (χ4v) is 1.45. The molecule has 0 aliphatic heterocycles. The first-order chi connectivity index (χ1) is 12.2. The van der Waals surface area contributed by atoms with Gasteiger partial charge in [-0.1, -0.05) is 26.7 Å². The molecule has 0 aliphatic carbocycles. The Morgan fingerprint density at radius 2 is 1.08 bits per heavy atom. The molecule has 25 heavy (non-hydrogen) atoms. The minimum Gasteiger partial charge on any atom is -0.463 e. The van der Waals surface area contributed by atoms with Gasteiger partial charge in [-0.3, -0.25) is 4.79 Å². The number of hydrogen-bond donors (Lipinski definition) is 1. The van der Waals surface area contributed by atoms with Crippen LogP contribution in [0.2, 0.25) is 0 Å². The number of rotatable bonds is 17. The van der Waals surface area contributed by atoms with Crippen molar-refractivity contribution in [1.82, 2.24) is 0 Å². The number of hydrogen-bond acceptors (Lipinski definition) is 7. The van der Waals surface area contributed by atoms with Gasteiger partial charge >= 0.3 is 5.97 Å². The van der Waals surface area contributed by atoms with E-state index in [1.54, 1.807) is 0 Å². The van der Waals surface area contributed by atoms with Gasteiger partial charge in [-0.05, 0) is 12.8 Å². The van der Waals surface area contributed by atoms with Crippen molar-refractivity contribution in [3.05, 3.63) is 0 Å². The second-order valence-corrected chi connectivity index (χ2v) is 5.22. The van der Waals surface area contributed by atoms with Gasteiger partial charge in [0.05, 0.1) is 46.2 Å². The number of unbranched alkanes of at least 4 members (excludes halogenated alkanes) is 2. The molecule has 0 aromatic heterocycles. The van der Waals surface area contributed by atoms with E-state index < -0.39 is 0 Å².